The fourth-order valence-corrected chi connectivity index (χ4v) is 4.84. The first kappa shape index (κ1) is 21.2. The van der Waals surface area contributed by atoms with E-state index in [0.29, 0.717) is 18.7 Å². The molecule has 1 fully saturated rings. The minimum Gasteiger partial charge on any atom is -0.456 e. The van der Waals surface area contributed by atoms with Gasteiger partial charge in [-0.05, 0) is 77.8 Å². The number of hydrogen-bond acceptors (Lipinski definition) is 3. The lowest BCUT2D eigenvalue weighted by atomic mass is 9.62. The Labute approximate surface area is 180 Å². The van der Waals surface area contributed by atoms with Crippen LogP contribution in [0.2, 0.25) is 0 Å². The monoisotopic (exact) mass is 409 g/mol. The number of amides is 1. The molecule has 2 aliphatic rings. The predicted octanol–water partition coefficient (Wildman–Crippen LogP) is 5.44. The van der Waals surface area contributed by atoms with Gasteiger partial charge in [0.25, 0.3) is 5.91 Å². The van der Waals surface area contributed by atoms with Crippen LogP contribution >= 0.6 is 0 Å². The average Bonchev–Trinajstić information content (AvgIpc) is 3.37. The van der Waals surface area contributed by atoms with Crippen molar-refractivity contribution < 1.29 is 13.9 Å². The van der Waals surface area contributed by atoms with Gasteiger partial charge in [0.15, 0.2) is 5.76 Å². The van der Waals surface area contributed by atoms with Gasteiger partial charge in [-0.25, -0.2) is 0 Å². The maximum Gasteiger partial charge on any atom is 0.287 e. The van der Waals surface area contributed by atoms with Crippen LogP contribution < -0.4 is 5.32 Å². The van der Waals surface area contributed by atoms with Crippen LogP contribution in [0.25, 0.3) is 0 Å². The number of carbonyl (C=O) groups excluding carboxylic acids is 1. The van der Waals surface area contributed by atoms with Crippen molar-refractivity contribution in [3.8, 4) is 0 Å². The molecule has 1 aromatic carbocycles. The van der Waals surface area contributed by atoms with Crippen LogP contribution in [0.3, 0.4) is 0 Å². The van der Waals surface area contributed by atoms with Crippen molar-refractivity contribution in [3.05, 3.63) is 58.0 Å². The average molecular weight is 410 g/mol. The van der Waals surface area contributed by atoms with E-state index >= 15 is 0 Å². The number of ether oxygens (including phenoxy) is 1. The summed E-state index contributed by atoms with van der Waals surface area (Å²) in [6, 6.07) is 8.46. The maximum atomic E-state index is 12.4. The van der Waals surface area contributed by atoms with Crippen LogP contribution in [0.1, 0.15) is 91.9 Å². The fourth-order valence-electron chi connectivity index (χ4n) is 4.84. The minimum atomic E-state index is -0.165. The zero-order chi connectivity index (χ0) is 21.5. The van der Waals surface area contributed by atoms with Crippen LogP contribution in [0.15, 0.2) is 28.7 Å². The zero-order valence-electron chi connectivity index (χ0n) is 19.1. The van der Waals surface area contributed by atoms with Crippen LogP contribution in [-0.2, 0) is 22.0 Å². The second-order valence-electron chi connectivity index (χ2n) is 10.4. The number of fused-ring (bicyclic) bond motifs is 1. The summed E-state index contributed by atoms with van der Waals surface area (Å²) in [6.45, 7) is 12.9. The summed E-state index contributed by atoms with van der Waals surface area (Å²) in [7, 11) is 0. The first-order valence-corrected chi connectivity index (χ1v) is 11.3. The molecule has 0 radical (unpaired) electrons. The highest BCUT2D eigenvalue weighted by molar-refractivity contribution is 5.91. The summed E-state index contributed by atoms with van der Waals surface area (Å²) in [5.74, 6) is 1.04. The van der Waals surface area contributed by atoms with E-state index in [9.17, 15) is 4.79 Å². The van der Waals surface area contributed by atoms with Gasteiger partial charge in [0, 0.05) is 19.6 Å². The highest BCUT2D eigenvalue weighted by Crippen LogP contribution is 2.46. The molecule has 0 saturated carbocycles. The largest absolute Gasteiger partial charge is 0.456 e. The lowest BCUT2D eigenvalue weighted by Gasteiger charge is -2.42. The van der Waals surface area contributed by atoms with E-state index in [1.807, 2.05) is 6.07 Å². The van der Waals surface area contributed by atoms with E-state index < -0.39 is 0 Å². The number of carbonyl (C=O) groups is 1. The first-order chi connectivity index (χ1) is 14.2. The Hall–Kier alpha value is -2.07. The van der Waals surface area contributed by atoms with Crippen LogP contribution in [0, 0.1) is 6.92 Å². The van der Waals surface area contributed by atoms with E-state index in [1.54, 1.807) is 6.07 Å². The number of rotatable bonds is 5. The number of nitrogens with one attached hydrogen (secondary N) is 1. The van der Waals surface area contributed by atoms with Crippen LogP contribution in [0.4, 0.5) is 0 Å². The third kappa shape index (κ3) is 4.20. The number of hydrogen-bond donors (Lipinski definition) is 1. The topological polar surface area (TPSA) is 51.5 Å². The van der Waals surface area contributed by atoms with Crippen LogP contribution in [0.5, 0.6) is 0 Å². The summed E-state index contributed by atoms with van der Waals surface area (Å²) < 4.78 is 11.5. The molecule has 0 spiro atoms. The first-order valence-electron chi connectivity index (χ1n) is 11.3. The van der Waals surface area contributed by atoms with Crippen molar-refractivity contribution in [1.29, 1.82) is 0 Å². The Morgan fingerprint density at radius 3 is 2.47 bits per heavy atom. The molecule has 30 heavy (non-hydrogen) atoms. The number of aryl methyl sites for hydroxylation is 1. The fraction of sp³-hybridized carbons (Fsp3) is 0.577. The molecule has 4 heteroatoms. The molecular formula is C26H35NO3. The Balaban J connectivity index is 1.50. The van der Waals surface area contributed by atoms with Crippen molar-refractivity contribution in [1.82, 2.24) is 5.32 Å². The molecule has 1 amide bonds. The summed E-state index contributed by atoms with van der Waals surface area (Å²) >= 11 is 0. The molecule has 1 saturated heterocycles. The molecule has 1 atom stereocenters. The molecule has 4 nitrogen and oxygen atoms in total. The van der Waals surface area contributed by atoms with Gasteiger partial charge in [-0.15, -0.1) is 0 Å². The number of furan rings is 1. The van der Waals surface area contributed by atoms with E-state index in [0.717, 1.165) is 25.2 Å². The van der Waals surface area contributed by atoms with Crippen molar-refractivity contribution in [2.24, 2.45) is 0 Å². The molecule has 1 N–H and O–H groups in total. The Bertz CT molecular complexity index is 932. The molecule has 1 aromatic heterocycles. The number of benzene rings is 1. The Morgan fingerprint density at radius 2 is 1.80 bits per heavy atom. The summed E-state index contributed by atoms with van der Waals surface area (Å²) in [5.41, 5.74) is 5.91. The highest BCUT2D eigenvalue weighted by atomic mass is 16.5. The molecule has 1 aliphatic carbocycles. The van der Waals surface area contributed by atoms with Crippen molar-refractivity contribution in [3.63, 3.8) is 0 Å². The van der Waals surface area contributed by atoms with Gasteiger partial charge >= 0.3 is 0 Å². The molecule has 2 aromatic rings. The minimum absolute atomic E-state index is 0.133. The second-order valence-corrected chi connectivity index (χ2v) is 10.4. The van der Waals surface area contributed by atoms with Crippen molar-refractivity contribution in [2.75, 3.05) is 13.2 Å². The predicted molar refractivity (Wildman–Crippen MR) is 119 cm³/mol. The molecule has 1 aliphatic heterocycles. The van der Waals surface area contributed by atoms with Gasteiger partial charge in [0.2, 0.25) is 0 Å². The second kappa shape index (κ2) is 7.88. The third-order valence-corrected chi connectivity index (χ3v) is 7.07. The van der Waals surface area contributed by atoms with E-state index in [2.05, 4.69) is 52.1 Å². The summed E-state index contributed by atoms with van der Waals surface area (Å²) in [5, 5.41) is 2.93. The smallest absolute Gasteiger partial charge is 0.287 e. The summed E-state index contributed by atoms with van der Waals surface area (Å²) in [4.78, 5) is 12.4. The van der Waals surface area contributed by atoms with E-state index in [4.69, 9.17) is 9.15 Å². The normalized spacial score (nSPS) is 22.0. The Morgan fingerprint density at radius 1 is 1.10 bits per heavy atom. The molecule has 162 valence electrons. The van der Waals surface area contributed by atoms with Gasteiger partial charge in [0.1, 0.15) is 5.76 Å². The van der Waals surface area contributed by atoms with E-state index in [1.165, 1.54) is 35.1 Å². The summed E-state index contributed by atoms with van der Waals surface area (Å²) in [6.07, 6.45) is 5.33. The molecule has 2 heterocycles. The highest BCUT2D eigenvalue weighted by Gasteiger charge is 2.37. The maximum absolute atomic E-state index is 12.4. The van der Waals surface area contributed by atoms with Crippen molar-refractivity contribution in [2.45, 2.75) is 83.7 Å². The Kier molecular flexibility index (Phi) is 5.56. The van der Waals surface area contributed by atoms with Gasteiger partial charge < -0.3 is 14.5 Å². The quantitative estimate of drug-likeness (QED) is 0.716. The van der Waals surface area contributed by atoms with Gasteiger partial charge in [-0.3, -0.25) is 4.79 Å². The SMILES string of the molecule is Cc1cc2c(cc1Cc1ccc(C(=O)NC[C@@H]3CCCO3)o1)C(C)(C)CCC2(C)C. The van der Waals surface area contributed by atoms with Gasteiger partial charge in [-0.1, -0.05) is 39.8 Å². The molecular weight excluding hydrogens is 374 g/mol. The van der Waals surface area contributed by atoms with Crippen LogP contribution in [-0.4, -0.2) is 25.2 Å². The molecule has 0 unspecified atom stereocenters. The standard InChI is InChI=1S/C26H35NO3/c1-17-13-21-22(26(4,5)11-10-25(21,2)3)15-18(17)14-19-8-9-23(30-19)24(28)27-16-20-7-6-12-29-20/h8-9,13,15,20H,6-7,10-12,14,16H2,1-5H3,(H,27,28)/t20-/m0/s1. The third-order valence-electron chi connectivity index (χ3n) is 7.07. The molecule has 0 bridgehead atoms. The molecule has 4 rings (SSSR count). The van der Waals surface area contributed by atoms with Gasteiger partial charge in [-0.2, -0.15) is 0 Å². The van der Waals surface area contributed by atoms with Gasteiger partial charge in [0.05, 0.1) is 6.10 Å². The lowest BCUT2D eigenvalue weighted by molar-refractivity contribution is 0.0834. The van der Waals surface area contributed by atoms with E-state index in [-0.39, 0.29) is 22.8 Å². The van der Waals surface area contributed by atoms with Crippen molar-refractivity contribution >= 4 is 5.91 Å². The zero-order valence-corrected chi connectivity index (χ0v) is 19.1. The lowest BCUT2D eigenvalue weighted by Crippen LogP contribution is -2.34.